The van der Waals surface area contributed by atoms with E-state index in [-0.39, 0.29) is 5.69 Å². The van der Waals surface area contributed by atoms with Gasteiger partial charge in [0.2, 0.25) is 5.89 Å². The Balaban J connectivity index is 1.93. The van der Waals surface area contributed by atoms with Crippen molar-refractivity contribution in [2.24, 2.45) is 0 Å². The molecule has 0 radical (unpaired) electrons. The number of aromatic nitrogens is 1. The van der Waals surface area contributed by atoms with E-state index >= 15 is 0 Å². The largest absolute Gasteiger partial charge is 0.436 e. The Morgan fingerprint density at radius 2 is 1.95 bits per heavy atom. The highest BCUT2D eigenvalue weighted by Gasteiger charge is 2.08. The van der Waals surface area contributed by atoms with Crippen LogP contribution in [0.4, 0.5) is 5.69 Å². The zero-order valence-corrected chi connectivity index (χ0v) is 12.2. The molecule has 3 aromatic rings. The third-order valence-corrected chi connectivity index (χ3v) is 3.37. The minimum absolute atomic E-state index is 0.0761. The van der Waals surface area contributed by atoms with Gasteiger partial charge in [-0.2, -0.15) is 0 Å². The summed E-state index contributed by atoms with van der Waals surface area (Å²) in [6, 6.07) is 12.2. The van der Waals surface area contributed by atoms with Gasteiger partial charge in [0.15, 0.2) is 5.58 Å². The molecule has 110 valence electrons. The molecule has 0 spiro atoms. The highest BCUT2D eigenvalue weighted by molar-refractivity contribution is 5.81. The Morgan fingerprint density at radius 1 is 1.23 bits per heavy atom. The van der Waals surface area contributed by atoms with Crippen LogP contribution in [0.2, 0.25) is 0 Å². The molecule has 0 N–H and O–H groups in total. The number of hydrogen-bond acceptors (Lipinski definition) is 4. The van der Waals surface area contributed by atoms with Crippen molar-refractivity contribution in [3.63, 3.8) is 0 Å². The van der Waals surface area contributed by atoms with Gasteiger partial charge in [-0.1, -0.05) is 6.07 Å². The van der Waals surface area contributed by atoms with Crippen LogP contribution in [0, 0.1) is 17.0 Å². The van der Waals surface area contributed by atoms with E-state index < -0.39 is 4.92 Å². The minimum atomic E-state index is -0.413. The van der Waals surface area contributed by atoms with E-state index in [2.05, 4.69) is 4.98 Å². The van der Waals surface area contributed by atoms with Gasteiger partial charge in [0.05, 0.1) is 4.92 Å². The number of hydrogen-bond donors (Lipinski definition) is 0. The Labute approximate surface area is 127 Å². The Hall–Kier alpha value is -2.95. The highest BCUT2D eigenvalue weighted by atomic mass is 16.6. The first-order valence-electron chi connectivity index (χ1n) is 6.83. The second-order valence-corrected chi connectivity index (χ2v) is 5.17. The van der Waals surface area contributed by atoms with E-state index in [4.69, 9.17) is 4.42 Å². The van der Waals surface area contributed by atoms with E-state index in [0.29, 0.717) is 5.89 Å². The van der Waals surface area contributed by atoms with Gasteiger partial charge in [0, 0.05) is 17.7 Å². The van der Waals surface area contributed by atoms with Crippen molar-refractivity contribution in [3.05, 3.63) is 69.6 Å². The van der Waals surface area contributed by atoms with Crippen LogP contribution in [0.25, 0.3) is 22.7 Å². The second kappa shape index (κ2) is 5.44. The molecule has 1 aromatic heterocycles. The summed E-state index contributed by atoms with van der Waals surface area (Å²) in [7, 11) is 0. The van der Waals surface area contributed by atoms with Crippen molar-refractivity contribution in [2.75, 3.05) is 0 Å². The normalized spacial score (nSPS) is 11.8. The number of allylic oxidation sites excluding steroid dienone is 1. The van der Waals surface area contributed by atoms with Gasteiger partial charge in [0.1, 0.15) is 5.52 Å². The summed E-state index contributed by atoms with van der Waals surface area (Å²) in [4.78, 5) is 14.7. The summed E-state index contributed by atoms with van der Waals surface area (Å²) < 4.78 is 5.73. The maximum absolute atomic E-state index is 10.6. The summed E-state index contributed by atoms with van der Waals surface area (Å²) >= 11 is 0. The fourth-order valence-corrected chi connectivity index (χ4v) is 2.21. The van der Waals surface area contributed by atoms with Crippen LogP contribution in [0.1, 0.15) is 23.9 Å². The molecule has 0 atom stereocenters. The highest BCUT2D eigenvalue weighted by Crippen LogP contribution is 2.23. The number of rotatable bonds is 3. The zero-order chi connectivity index (χ0) is 15.7. The number of oxazole rings is 1. The monoisotopic (exact) mass is 294 g/mol. The molecule has 5 nitrogen and oxygen atoms in total. The standard InChI is InChI=1S/C17H14N2O3/c1-11-3-8-16-15(9-11)18-17(22-16)12(2)10-13-4-6-14(7-5-13)19(20)21/h3-10H,1-2H3. The van der Waals surface area contributed by atoms with E-state index in [1.807, 2.05) is 38.1 Å². The SMILES string of the molecule is CC(=Cc1ccc([N+](=O)[O-])cc1)c1nc2cc(C)ccc2o1. The Bertz CT molecular complexity index is 877. The fourth-order valence-electron chi connectivity index (χ4n) is 2.21. The quantitative estimate of drug-likeness (QED) is 0.522. The molecule has 0 bridgehead atoms. The predicted molar refractivity (Wildman–Crippen MR) is 85.4 cm³/mol. The minimum Gasteiger partial charge on any atom is -0.436 e. The van der Waals surface area contributed by atoms with E-state index in [0.717, 1.165) is 27.8 Å². The lowest BCUT2D eigenvalue weighted by Crippen LogP contribution is -1.87. The van der Waals surface area contributed by atoms with Crippen LogP contribution in [-0.2, 0) is 0 Å². The van der Waals surface area contributed by atoms with Crippen molar-refractivity contribution in [1.82, 2.24) is 4.98 Å². The van der Waals surface area contributed by atoms with Gasteiger partial charge in [0.25, 0.3) is 5.69 Å². The lowest BCUT2D eigenvalue weighted by atomic mass is 10.1. The Kier molecular flexibility index (Phi) is 3.47. The molecule has 0 unspecified atom stereocenters. The van der Waals surface area contributed by atoms with Gasteiger partial charge in [-0.05, 0) is 55.3 Å². The topological polar surface area (TPSA) is 69.2 Å². The third kappa shape index (κ3) is 2.74. The number of nitro groups is 1. The van der Waals surface area contributed by atoms with Crippen LogP contribution in [-0.4, -0.2) is 9.91 Å². The molecular formula is C17H14N2O3. The first-order valence-corrected chi connectivity index (χ1v) is 6.83. The summed E-state index contributed by atoms with van der Waals surface area (Å²) in [5, 5.41) is 10.6. The molecule has 3 rings (SSSR count). The number of benzene rings is 2. The fraction of sp³-hybridized carbons (Fsp3) is 0.118. The number of nitro benzene ring substituents is 1. The molecule has 0 fully saturated rings. The van der Waals surface area contributed by atoms with Gasteiger partial charge in [-0.3, -0.25) is 10.1 Å². The molecule has 2 aromatic carbocycles. The van der Waals surface area contributed by atoms with Gasteiger partial charge in [-0.15, -0.1) is 0 Å². The number of nitrogens with zero attached hydrogens (tertiary/aromatic N) is 2. The number of non-ortho nitro benzene ring substituents is 1. The van der Waals surface area contributed by atoms with Crippen LogP contribution in [0.15, 0.2) is 46.9 Å². The first kappa shape index (κ1) is 14.0. The van der Waals surface area contributed by atoms with Crippen molar-refractivity contribution >= 4 is 28.4 Å². The third-order valence-electron chi connectivity index (χ3n) is 3.37. The Morgan fingerprint density at radius 3 is 2.64 bits per heavy atom. The zero-order valence-electron chi connectivity index (χ0n) is 12.2. The molecule has 0 aliphatic carbocycles. The maximum atomic E-state index is 10.6. The number of fused-ring (bicyclic) bond motifs is 1. The van der Waals surface area contributed by atoms with Crippen molar-refractivity contribution in [2.45, 2.75) is 13.8 Å². The molecule has 5 heteroatoms. The van der Waals surface area contributed by atoms with Gasteiger partial charge < -0.3 is 4.42 Å². The summed E-state index contributed by atoms with van der Waals surface area (Å²) in [6.07, 6.45) is 1.89. The summed E-state index contributed by atoms with van der Waals surface area (Å²) in [5.74, 6) is 0.555. The predicted octanol–water partition coefficient (Wildman–Crippen LogP) is 4.60. The average Bonchev–Trinajstić information content (AvgIpc) is 2.91. The lowest BCUT2D eigenvalue weighted by molar-refractivity contribution is -0.384. The molecule has 0 amide bonds. The molecule has 0 aliphatic heterocycles. The number of aryl methyl sites for hydroxylation is 1. The van der Waals surface area contributed by atoms with Crippen LogP contribution >= 0.6 is 0 Å². The maximum Gasteiger partial charge on any atom is 0.269 e. The smallest absolute Gasteiger partial charge is 0.269 e. The average molecular weight is 294 g/mol. The molecule has 22 heavy (non-hydrogen) atoms. The second-order valence-electron chi connectivity index (χ2n) is 5.17. The van der Waals surface area contributed by atoms with E-state index in [1.54, 1.807) is 12.1 Å². The van der Waals surface area contributed by atoms with Crippen molar-refractivity contribution in [1.29, 1.82) is 0 Å². The van der Waals surface area contributed by atoms with E-state index in [1.165, 1.54) is 12.1 Å². The molecule has 1 heterocycles. The molecule has 0 saturated carbocycles. The first-order chi connectivity index (χ1) is 10.5. The van der Waals surface area contributed by atoms with Crippen molar-refractivity contribution in [3.8, 4) is 0 Å². The molecular weight excluding hydrogens is 280 g/mol. The van der Waals surface area contributed by atoms with Crippen LogP contribution in [0.5, 0.6) is 0 Å². The van der Waals surface area contributed by atoms with Crippen LogP contribution in [0.3, 0.4) is 0 Å². The van der Waals surface area contributed by atoms with E-state index in [9.17, 15) is 10.1 Å². The van der Waals surface area contributed by atoms with Gasteiger partial charge >= 0.3 is 0 Å². The molecule has 0 aliphatic rings. The van der Waals surface area contributed by atoms with Crippen LogP contribution < -0.4 is 0 Å². The van der Waals surface area contributed by atoms with Gasteiger partial charge in [-0.25, -0.2) is 4.98 Å². The van der Waals surface area contributed by atoms with Crippen molar-refractivity contribution < 1.29 is 9.34 Å². The summed E-state index contributed by atoms with van der Waals surface area (Å²) in [6.45, 7) is 3.91. The lowest BCUT2D eigenvalue weighted by Gasteiger charge is -1.97. The summed E-state index contributed by atoms with van der Waals surface area (Å²) in [5.41, 5.74) is 4.50. The molecule has 0 saturated heterocycles.